The van der Waals surface area contributed by atoms with Crippen molar-refractivity contribution in [2.24, 2.45) is 5.73 Å². The molecule has 27 heavy (non-hydrogen) atoms. The molecular weight excluding hydrogens is 360 g/mol. The summed E-state index contributed by atoms with van der Waals surface area (Å²) >= 11 is 1.36. The lowest BCUT2D eigenvalue weighted by Gasteiger charge is -2.23. The van der Waals surface area contributed by atoms with E-state index >= 15 is 0 Å². The van der Waals surface area contributed by atoms with Crippen LogP contribution in [-0.2, 0) is 0 Å². The minimum atomic E-state index is -0.432. The molecule has 0 unspecified atom stereocenters. The van der Waals surface area contributed by atoms with E-state index in [0.29, 0.717) is 17.1 Å². The zero-order valence-corrected chi connectivity index (χ0v) is 15.8. The minimum Gasteiger partial charge on any atom is -0.365 e. The van der Waals surface area contributed by atoms with E-state index in [1.54, 1.807) is 12.1 Å². The van der Waals surface area contributed by atoms with Gasteiger partial charge in [0, 0.05) is 17.0 Å². The van der Waals surface area contributed by atoms with Crippen LogP contribution in [0.4, 0.5) is 0 Å². The second-order valence-electron chi connectivity index (χ2n) is 6.76. The Labute approximate surface area is 161 Å². The zero-order chi connectivity index (χ0) is 19.0. The maximum atomic E-state index is 13.0. The first-order valence-corrected chi connectivity index (χ1v) is 9.67. The van der Waals surface area contributed by atoms with Crippen molar-refractivity contribution in [2.75, 3.05) is 6.54 Å². The molecule has 6 nitrogen and oxygen atoms in total. The van der Waals surface area contributed by atoms with Crippen molar-refractivity contribution in [2.45, 2.75) is 25.8 Å². The fourth-order valence-corrected chi connectivity index (χ4v) is 4.44. The van der Waals surface area contributed by atoms with Crippen molar-refractivity contribution in [1.29, 1.82) is 0 Å². The van der Waals surface area contributed by atoms with Gasteiger partial charge in [-0.15, -0.1) is 11.3 Å². The van der Waals surface area contributed by atoms with Gasteiger partial charge in [0.25, 0.3) is 11.8 Å². The highest BCUT2D eigenvalue weighted by molar-refractivity contribution is 7.14. The second-order valence-corrected chi connectivity index (χ2v) is 7.87. The molecule has 4 rings (SSSR count). The van der Waals surface area contributed by atoms with Gasteiger partial charge in [-0.3, -0.25) is 14.7 Å². The van der Waals surface area contributed by atoms with Crippen LogP contribution in [0.25, 0.3) is 11.3 Å². The molecular formula is C20H20N4O2S. The molecule has 0 radical (unpaired) electrons. The maximum absolute atomic E-state index is 13.0. The summed E-state index contributed by atoms with van der Waals surface area (Å²) in [5.41, 5.74) is 8.73. The van der Waals surface area contributed by atoms with Gasteiger partial charge in [-0.05, 0) is 38.0 Å². The number of carbonyl (C=O) groups is 2. The van der Waals surface area contributed by atoms with Gasteiger partial charge in [0.05, 0.1) is 16.6 Å². The lowest BCUT2D eigenvalue weighted by Crippen LogP contribution is -2.30. The van der Waals surface area contributed by atoms with Crippen molar-refractivity contribution in [3.8, 4) is 11.3 Å². The molecule has 1 atom stereocenters. The number of likely N-dealkylation sites (tertiary alicyclic amines) is 1. The van der Waals surface area contributed by atoms with Crippen molar-refractivity contribution in [1.82, 2.24) is 15.1 Å². The molecule has 3 N–H and O–H groups in total. The molecule has 138 valence electrons. The van der Waals surface area contributed by atoms with Crippen molar-refractivity contribution >= 4 is 23.2 Å². The Hall–Kier alpha value is -2.93. The summed E-state index contributed by atoms with van der Waals surface area (Å²) in [6.07, 6.45) is 1.81. The van der Waals surface area contributed by atoms with E-state index in [0.717, 1.165) is 29.0 Å². The van der Waals surface area contributed by atoms with Crippen LogP contribution in [0.1, 0.15) is 49.5 Å². The van der Waals surface area contributed by atoms with E-state index < -0.39 is 5.91 Å². The summed E-state index contributed by atoms with van der Waals surface area (Å²) < 4.78 is 0. The molecule has 3 aromatic rings. The van der Waals surface area contributed by atoms with Crippen LogP contribution < -0.4 is 5.73 Å². The van der Waals surface area contributed by atoms with Crippen LogP contribution in [0.5, 0.6) is 0 Å². The van der Waals surface area contributed by atoms with Gasteiger partial charge in [-0.25, -0.2) is 0 Å². The smallest absolute Gasteiger partial charge is 0.272 e. The number of hydrogen-bond donors (Lipinski definition) is 2. The molecule has 1 aliphatic rings. The van der Waals surface area contributed by atoms with E-state index in [9.17, 15) is 9.59 Å². The number of benzene rings is 1. The molecule has 0 saturated carbocycles. The van der Waals surface area contributed by atoms with E-state index in [1.807, 2.05) is 42.2 Å². The van der Waals surface area contributed by atoms with E-state index in [-0.39, 0.29) is 11.9 Å². The first kappa shape index (κ1) is 17.5. The number of aromatic nitrogens is 2. The standard InChI is InChI=1S/C20H20N4O2S/c1-12-4-6-13(7-5-12)14-11-15(23-22-14)20(26)24-10-2-3-16(24)17-8-9-18(27-17)19(21)25/h4-9,11,16H,2-3,10H2,1H3,(H2,21,25)(H,22,23)/t16-/m1/s1. The number of thiophene rings is 1. The second kappa shape index (κ2) is 7.00. The number of hydrogen-bond acceptors (Lipinski definition) is 4. The molecule has 1 aromatic carbocycles. The van der Waals surface area contributed by atoms with Crippen LogP contribution in [0.15, 0.2) is 42.5 Å². The lowest BCUT2D eigenvalue weighted by atomic mass is 10.1. The highest BCUT2D eigenvalue weighted by atomic mass is 32.1. The van der Waals surface area contributed by atoms with E-state index in [4.69, 9.17) is 5.73 Å². The van der Waals surface area contributed by atoms with E-state index in [2.05, 4.69) is 10.2 Å². The number of H-pyrrole nitrogens is 1. The normalized spacial score (nSPS) is 16.6. The van der Waals surface area contributed by atoms with Gasteiger partial charge in [0.2, 0.25) is 0 Å². The maximum Gasteiger partial charge on any atom is 0.272 e. The third-order valence-electron chi connectivity index (χ3n) is 4.87. The van der Waals surface area contributed by atoms with E-state index in [1.165, 1.54) is 16.9 Å². The van der Waals surface area contributed by atoms with Gasteiger partial charge in [0.1, 0.15) is 5.69 Å². The first-order valence-electron chi connectivity index (χ1n) is 8.86. The summed E-state index contributed by atoms with van der Waals surface area (Å²) in [5.74, 6) is -0.504. The third-order valence-corrected chi connectivity index (χ3v) is 6.07. The van der Waals surface area contributed by atoms with Gasteiger partial charge in [0.15, 0.2) is 0 Å². The molecule has 0 aliphatic carbocycles. The zero-order valence-electron chi connectivity index (χ0n) is 14.9. The summed E-state index contributed by atoms with van der Waals surface area (Å²) in [6.45, 7) is 2.72. The van der Waals surface area contributed by atoms with Gasteiger partial charge in [-0.2, -0.15) is 5.10 Å². The topological polar surface area (TPSA) is 92.1 Å². The van der Waals surface area contributed by atoms with Crippen LogP contribution in [-0.4, -0.2) is 33.5 Å². The van der Waals surface area contributed by atoms with Crippen molar-refractivity contribution < 1.29 is 9.59 Å². The van der Waals surface area contributed by atoms with Crippen LogP contribution in [0.2, 0.25) is 0 Å². The number of primary amides is 1. The number of aromatic amines is 1. The van der Waals surface area contributed by atoms with Crippen LogP contribution >= 0.6 is 11.3 Å². The fraction of sp³-hybridized carbons (Fsp3) is 0.250. The number of nitrogens with zero attached hydrogens (tertiary/aromatic N) is 2. The van der Waals surface area contributed by atoms with Gasteiger partial charge in [-0.1, -0.05) is 29.8 Å². The Morgan fingerprint density at radius 3 is 2.70 bits per heavy atom. The summed E-state index contributed by atoms with van der Waals surface area (Å²) in [7, 11) is 0. The molecule has 2 aromatic heterocycles. The molecule has 7 heteroatoms. The Morgan fingerprint density at radius 1 is 1.22 bits per heavy atom. The molecule has 1 saturated heterocycles. The van der Waals surface area contributed by atoms with Crippen LogP contribution in [0.3, 0.4) is 0 Å². The quantitative estimate of drug-likeness (QED) is 0.725. The predicted molar refractivity (Wildman–Crippen MR) is 105 cm³/mol. The molecule has 0 bridgehead atoms. The van der Waals surface area contributed by atoms with Gasteiger partial charge < -0.3 is 10.6 Å². The Balaban J connectivity index is 1.56. The molecule has 3 heterocycles. The SMILES string of the molecule is Cc1ccc(-c2cc(C(=O)N3CCC[C@@H]3c3ccc(C(N)=O)s3)[nH]n2)cc1. The summed E-state index contributed by atoms with van der Waals surface area (Å²) in [4.78, 5) is 27.8. The minimum absolute atomic E-state index is 0.0262. The highest BCUT2D eigenvalue weighted by Crippen LogP contribution is 2.36. The third kappa shape index (κ3) is 3.38. The molecule has 1 fully saturated rings. The Kier molecular flexibility index (Phi) is 4.53. The number of amides is 2. The number of aryl methyl sites for hydroxylation is 1. The molecule has 1 aliphatic heterocycles. The lowest BCUT2D eigenvalue weighted by molar-refractivity contribution is 0.0731. The number of nitrogens with two attached hydrogens (primary N) is 1. The summed E-state index contributed by atoms with van der Waals surface area (Å²) in [6, 6.07) is 13.4. The van der Waals surface area contributed by atoms with Crippen LogP contribution in [0, 0.1) is 6.92 Å². The van der Waals surface area contributed by atoms with Gasteiger partial charge >= 0.3 is 0 Å². The predicted octanol–water partition coefficient (Wildman–Crippen LogP) is 3.52. The number of rotatable bonds is 4. The van der Waals surface area contributed by atoms with Crippen molar-refractivity contribution in [3.05, 3.63) is 63.5 Å². The van der Waals surface area contributed by atoms with Crippen molar-refractivity contribution in [3.63, 3.8) is 0 Å². The monoisotopic (exact) mass is 380 g/mol. The molecule has 0 spiro atoms. The fourth-order valence-electron chi connectivity index (χ4n) is 3.43. The highest BCUT2D eigenvalue weighted by Gasteiger charge is 2.32. The Bertz CT molecular complexity index is 990. The molecule has 2 amide bonds. The Morgan fingerprint density at radius 2 is 2.00 bits per heavy atom. The average Bonchev–Trinajstić information content (AvgIpc) is 3.40. The summed E-state index contributed by atoms with van der Waals surface area (Å²) in [5, 5.41) is 7.18. The largest absolute Gasteiger partial charge is 0.365 e. The first-order chi connectivity index (χ1) is 13.0. The number of carbonyl (C=O) groups excluding carboxylic acids is 2. The number of nitrogens with one attached hydrogen (secondary N) is 1. The average molecular weight is 380 g/mol.